The molecule has 0 unspecified atom stereocenters. The van der Waals surface area contributed by atoms with Gasteiger partial charge in [-0.1, -0.05) is 56.7 Å². The third-order valence-corrected chi connectivity index (χ3v) is 16.9. The summed E-state index contributed by atoms with van der Waals surface area (Å²) in [6, 6.07) is 11.5. The predicted molar refractivity (Wildman–Crippen MR) is 339 cm³/mol. The van der Waals surface area contributed by atoms with E-state index in [1.807, 2.05) is 6.07 Å². The standard InChI is InChI=1S/C65H83N11O19/c1-4-65(91)43-27-48-59-41(31-76(48)63(89)42(43)34-95-64(65)90)58-44(15-14-39-25-40(92-3)26-46(74-59)57(39)58)72-54(83)35-93-36-71-52(81)29-70-62(88)47(24-38-12-8-7-9-13-38)73-53(82)30-68-37(2)28-69-61(87)45(66-20-10-5-6-11-22-75-55(84)18-19-56(75)85)16-17-51(80)67-21-23-94-50(33-78)60(86)49(79)32-77/h7-9,12-13,18-19,25-27,44-45,47,49-50,60,66,68,77-79,86,91H,2,4-6,10-11,14-17,20-24,28-36H2,1,3H3,(H,67,80)(H,69,87)(H,70,88)(H,71,81)(H,72,83)(H,73,82)/t44-,45+,47+,49-,50-,60+,65+/m1/s1. The molecule has 0 spiro atoms. The van der Waals surface area contributed by atoms with Gasteiger partial charge >= 0.3 is 5.97 Å². The monoisotopic (exact) mass is 1320 g/mol. The van der Waals surface area contributed by atoms with Gasteiger partial charge in [-0.15, -0.1) is 0 Å². The van der Waals surface area contributed by atoms with Crippen LogP contribution in [0.25, 0.3) is 22.3 Å². The van der Waals surface area contributed by atoms with Crippen LogP contribution in [0.1, 0.15) is 97.7 Å². The average molecular weight is 1320 g/mol. The smallest absolute Gasteiger partial charge is 0.343 e. The molecule has 13 N–H and O–H groups in total. The zero-order chi connectivity index (χ0) is 68.3. The molecular formula is C65H83N11O19. The van der Waals surface area contributed by atoms with Crippen LogP contribution in [0, 0.1) is 0 Å². The number of methoxy groups -OCH3 is 1. The summed E-state index contributed by atoms with van der Waals surface area (Å²) in [5.41, 5.74) is 2.57. The molecule has 2 aromatic heterocycles. The number of amides is 8. The number of nitrogens with one attached hydrogen (secondary N) is 8. The summed E-state index contributed by atoms with van der Waals surface area (Å²) < 4.78 is 23.3. The third kappa shape index (κ3) is 18.3. The normalized spacial score (nSPS) is 17.5. The quantitative estimate of drug-likeness (QED) is 0.00861. The van der Waals surface area contributed by atoms with Gasteiger partial charge < -0.3 is 91.6 Å². The van der Waals surface area contributed by atoms with E-state index in [2.05, 4.69) is 49.1 Å². The topological polar surface area (TPSA) is 426 Å². The van der Waals surface area contributed by atoms with Crippen molar-refractivity contribution in [3.63, 3.8) is 0 Å². The largest absolute Gasteiger partial charge is 0.497 e. The van der Waals surface area contributed by atoms with E-state index >= 15 is 0 Å². The second-order valence-electron chi connectivity index (χ2n) is 23.4. The number of aryl methyl sites for hydroxylation is 1. The number of aliphatic hydroxyl groups excluding tert-OH is 4. The highest BCUT2D eigenvalue weighted by atomic mass is 16.6. The number of carbonyl (C=O) groups is 9. The Hall–Kier alpha value is -9.01. The first-order valence-electron chi connectivity index (χ1n) is 31.6. The molecular weight excluding hydrogens is 1240 g/mol. The van der Waals surface area contributed by atoms with Gasteiger partial charge in [-0.2, -0.15) is 0 Å². The van der Waals surface area contributed by atoms with Crippen molar-refractivity contribution in [2.24, 2.45) is 0 Å². The lowest BCUT2D eigenvalue weighted by atomic mass is 9.83. The SMILES string of the molecule is C=C(CNC(=O)[C@H](CCC(=O)NCCO[C@H](CO)[C@@H](O)[C@H](O)CO)NCCCCCCN1C(=O)C=CC1=O)NCC(=O)N[C@@H](Cc1ccccc1)C(=O)NCC(=O)NCOCC(=O)N[C@@H]1CCc2cc(OC)cc3nc4c(c1c23)Cn1c-4cc2c(c1=O)COC(=O)[C@]2(O)CC. The number of hydrogen-bond donors (Lipinski definition) is 13. The summed E-state index contributed by atoms with van der Waals surface area (Å²) in [6.07, 6.45) is 1.68. The summed E-state index contributed by atoms with van der Waals surface area (Å²) in [5.74, 6) is -4.42. The van der Waals surface area contributed by atoms with E-state index in [-0.39, 0.29) is 100 Å². The minimum atomic E-state index is -2.03. The lowest BCUT2D eigenvalue weighted by Crippen LogP contribution is -2.52. The second-order valence-corrected chi connectivity index (χ2v) is 23.4. The Morgan fingerprint density at radius 1 is 0.821 bits per heavy atom. The Balaban J connectivity index is 0.790. The molecule has 1 aliphatic carbocycles. The van der Waals surface area contributed by atoms with E-state index in [0.29, 0.717) is 78.9 Å². The molecule has 0 saturated heterocycles. The average Bonchev–Trinajstić information content (AvgIpc) is 1.61. The van der Waals surface area contributed by atoms with Crippen molar-refractivity contribution < 1.29 is 87.6 Å². The van der Waals surface area contributed by atoms with Crippen molar-refractivity contribution in [2.75, 3.05) is 79.5 Å². The summed E-state index contributed by atoms with van der Waals surface area (Å²) in [7, 11) is 1.54. The number of fused-ring (bicyclic) bond motifs is 5. The first-order chi connectivity index (χ1) is 45.7. The number of nitrogens with zero attached hydrogens (tertiary/aromatic N) is 3. The van der Waals surface area contributed by atoms with Crippen LogP contribution in [-0.4, -0.2) is 203 Å². The van der Waals surface area contributed by atoms with E-state index in [1.54, 1.807) is 56.5 Å². The van der Waals surface area contributed by atoms with Crippen molar-refractivity contribution in [3.8, 4) is 17.1 Å². The molecule has 0 radical (unpaired) electrons. The number of aromatic nitrogens is 2. The Morgan fingerprint density at radius 2 is 1.55 bits per heavy atom. The van der Waals surface area contributed by atoms with Gasteiger partial charge in [0, 0.05) is 66.4 Å². The van der Waals surface area contributed by atoms with Crippen LogP contribution in [0.3, 0.4) is 0 Å². The number of rotatable bonds is 38. The number of cyclic esters (lactones) is 1. The van der Waals surface area contributed by atoms with Crippen molar-refractivity contribution in [1.29, 1.82) is 0 Å². The molecule has 95 heavy (non-hydrogen) atoms. The molecule has 0 fully saturated rings. The summed E-state index contributed by atoms with van der Waals surface area (Å²) in [5, 5.41) is 72.8. The van der Waals surface area contributed by atoms with Gasteiger partial charge in [-0.05, 0) is 73.9 Å². The fourth-order valence-electron chi connectivity index (χ4n) is 11.7. The first-order valence-corrected chi connectivity index (χ1v) is 31.6. The van der Waals surface area contributed by atoms with Crippen LogP contribution < -0.4 is 52.8 Å². The maximum Gasteiger partial charge on any atom is 0.343 e. The zero-order valence-electron chi connectivity index (χ0n) is 53.0. The van der Waals surface area contributed by atoms with E-state index < -0.39 is 122 Å². The second kappa shape index (κ2) is 33.9. The van der Waals surface area contributed by atoms with Crippen LogP contribution in [0.2, 0.25) is 0 Å². The number of benzene rings is 2. The molecule has 0 bridgehead atoms. The Bertz CT molecular complexity index is 3580. The lowest BCUT2D eigenvalue weighted by Gasteiger charge is -2.31. The number of esters is 1. The van der Waals surface area contributed by atoms with Gasteiger partial charge in [0.2, 0.25) is 35.4 Å². The number of carbonyl (C=O) groups excluding carboxylic acids is 9. The summed E-state index contributed by atoms with van der Waals surface area (Å²) in [6.45, 7) is 2.47. The molecule has 8 amide bonds. The highest BCUT2D eigenvalue weighted by Crippen LogP contribution is 2.46. The maximum atomic E-state index is 14.1. The molecule has 4 aromatic rings. The third-order valence-electron chi connectivity index (χ3n) is 16.9. The van der Waals surface area contributed by atoms with Gasteiger partial charge in [-0.25, -0.2) is 9.78 Å². The number of unbranched alkanes of at least 4 members (excludes halogenated alkanes) is 3. The summed E-state index contributed by atoms with van der Waals surface area (Å²) in [4.78, 5) is 137. The van der Waals surface area contributed by atoms with Gasteiger partial charge in [0.05, 0.1) is 87.7 Å². The number of ether oxygens (including phenoxy) is 4. The Labute approximate surface area is 546 Å². The highest BCUT2D eigenvalue weighted by molar-refractivity contribution is 6.12. The first kappa shape index (κ1) is 71.8. The van der Waals surface area contributed by atoms with E-state index in [0.717, 1.165) is 16.5 Å². The summed E-state index contributed by atoms with van der Waals surface area (Å²) >= 11 is 0. The van der Waals surface area contributed by atoms with E-state index in [9.17, 15) is 68.4 Å². The van der Waals surface area contributed by atoms with E-state index in [4.69, 9.17) is 29.0 Å². The molecule has 0 saturated carbocycles. The van der Waals surface area contributed by atoms with Crippen molar-refractivity contribution in [1.82, 2.24) is 57.0 Å². The van der Waals surface area contributed by atoms with Crippen molar-refractivity contribution in [3.05, 3.63) is 117 Å². The van der Waals surface area contributed by atoms with Gasteiger partial charge in [-0.3, -0.25) is 48.1 Å². The van der Waals surface area contributed by atoms with Crippen LogP contribution in [0.5, 0.6) is 5.75 Å². The van der Waals surface area contributed by atoms with Gasteiger partial charge in [0.25, 0.3) is 17.4 Å². The Morgan fingerprint density at radius 3 is 2.27 bits per heavy atom. The van der Waals surface area contributed by atoms with Crippen molar-refractivity contribution >= 4 is 64.1 Å². The lowest BCUT2D eigenvalue weighted by molar-refractivity contribution is -0.172. The van der Waals surface area contributed by atoms with Gasteiger partial charge in [0.15, 0.2) is 5.60 Å². The fraction of sp³-hybridized carbons (Fsp3) is 0.492. The molecule has 30 nitrogen and oxygen atoms in total. The molecule has 2 aromatic carbocycles. The number of imide groups is 1. The molecule has 4 aliphatic rings. The molecule has 8 rings (SSSR count). The van der Waals surface area contributed by atoms with Crippen molar-refractivity contribution in [2.45, 2.75) is 126 Å². The maximum absolute atomic E-state index is 14.1. The van der Waals surface area contributed by atoms with Gasteiger partial charge in [0.1, 0.15) is 50.0 Å². The highest BCUT2D eigenvalue weighted by Gasteiger charge is 2.46. The zero-order valence-corrected chi connectivity index (χ0v) is 53.0. The minimum Gasteiger partial charge on any atom is -0.497 e. The number of aliphatic hydroxyl groups is 5. The number of pyridine rings is 2. The Kier molecular flexibility index (Phi) is 25.6. The van der Waals surface area contributed by atoms with Crippen LogP contribution in [-0.2, 0) is 89.0 Å². The number of hydrogen-bond acceptors (Lipinski definition) is 22. The molecule has 3 aliphatic heterocycles. The molecule has 7 atom stereocenters. The molecule has 512 valence electrons. The van der Waals surface area contributed by atoms with Crippen LogP contribution in [0.15, 0.2) is 77.8 Å². The van der Waals surface area contributed by atoms with Crippen LogP contribution >= 0.6 is 0 Å². The van der Waals surface area contributed by atoms with Crippen LogP contribution in [0.4, 0.5) is 0 Å². The molecule has 30 heteroatoms. The van der Waals surface area contributed by atoms with E-state index in [1.165, 1.54) is 21.6 Å². The fourth-order valence-corrected chi connectivity index (χ4v) is 11.7. The predicted octanol–water partition coefficient (Wildman–Crippen LogP) is -2.22. The minimum absolute atomic E-state index is 0.0281. The molecule has 5 heterocycles.